The van der Waals surface area contributed by atoms with E-state index in [4.69, 9.17) is 0 Å². The number of aryl methyl sites for hydroxylation is 1. The number of hydrogen-bond donors (Lipinski definition) is 2. The van der Waals surface area contributed by atoms with E-state index in [-0.39, 0.29) is 35.8 Å². The standard InChI is InChI=1S/C19H27FN8.HI/c1-21-19(23-12-17-26-25-16-7-3-2-4-10-28(16)17)24-14-8-11-27(13-14)18-15(20)6-5-9-22-18;/h5-6,9,14H,2-4,7-8,10-13H2,1H3,(H2,21,23,24);1H. The molecular formula is C19H28FIN8. The van der Waals surface area contributed by atoms with Gasteiger partial charge in [0.15, 0.2) is 23.4 Å². The molecule has 158 valence electrons. The molecule has 1 unspecified atom stereocenters. The molecule has 4 heterocycles. The number of pyridine rings is 1. The van der Waals surface area contributed by atoms with Crippen molar-refractivity contribution in [2.45, 2.75) is 51.2 Å². The molecule has 0 bridgehead atoms. The van der Waals surface area contributed by atoms with Gasteiger partial charge in [0, 0.05) is 45.3 Å². The number of hydrogen-bond acceptors (Lipinski definition) is 5. The van der Waals surface area contributed by atoms with Gasteiger partial charge in [-0.3, -0.25) is 4.99 Å². The molecule has 1 atom stereocenters. The number of halogens is 2. The molecule has 0 aliphatic carbocycles. The molecule has 0 spiro atoms. The van der Waals surface area contributed by atoms with Crippen molar-refractivity contribution in [1.29, 1.82) is 0 Å². The zero-order chi connectivity index (χ0) is 19.3. The number of anilines is 1. The van der Waals surface area contributed by atoms with Crippen LogP contribution in [0.1, 0.15) is 37.3 Å². The lowest BCUT2D eigenvalue weighted by molar-refractivity contribution is 0.591. The van der Waals surface area contributed by atoms with Gasteiger partial charge < -0.3 is 20.1 Å². The second kappa shape index (κ2) is 10.2. The van der Waals surface area contributed by atoms with E-state index in [0.29, 0.717) is 18.9 Å². The molecule has 2 aromatic rings. The van der Waals surface area contributed by atoms with Crippen molar-refractivity contribution in [2.75, 3.05) is 25.0 Å². The third-order valence-corrected chi connectivity index (χ3v) is 5.39. The van der Waals surface area contributed by atoms with Gasteiger partial charge >= 0.3 is 0 Å². The highest BCUT2D eigenvalue weighted by Crippen LogP contribution is 2.20. The molecule has 0 amide bonds. The lowest BCUT2D eigenvalue weighted by atomic mass is 10.2. The summed E-state index contributed by atoms with van der Waals surface area (Å²) < 4.78 is 16.2. The third kappa shape index (κ3) is 5.14. The van der Waals surface area contributed by atoms with Gasteiger partial charge in [0.25, 0.3) is 0 Å². The summed E-state index contributed by atoms with van der Waals surface area (Å²) in [4.78, 5) is 10.5. The molecule has 8 nitrogen and oxygen atoms in total. The van der Waals surface area contributed by atoms with Gasteiger partial charge in [-0.2, -0.15) is 0 Å². The van der Waals surface area contributed by atoms with Gasteiger partial charge in [0.05, 0.1) is 6.54 Å². The van der Waals surface area contributed by atoms with Crippen molar-refractivity contribution in [3.8, 4) is 0 Å². The summed E-state index contributed by atoms with van der Waals surface area (Å²) in [6, 6.07) is 3.25. The van der Waals surface area contributed by atoms with Crippen molar-refractivity contribution >= 4 is 35.8 Å². The van der Waals surface area contributed by atoms with Crippen LogP contribution in [0.15, 0.2) is 23.3 Å². The van der Waals surface area contributed by atoms with E-state index in [2.05, 4.69) is 35.4 Å². The molecule has 2 aliphatic heterocycles. The fourth-order valence-corrected chi connectivity index (χ4v) is 3.91. The minimum absolute atomic E-state index is 0. The van der Waals surface area contributed by atoms with Gasteiger partial charge in [-0.05, 0) is 31.4 Å². The van der Waals surface area contributed by atoms with Crippen LogP contribution >= 0.6 is 24.0 Å². The van der Waals surface area contributed by atoms with Crippen molar-refractivity contribution in [1.82, 2.24) is 30.4 Å². The molecule has 0 radical (unpaired) electrons. The van der Waals surface area contributed by atoms with Gasteiger partial charge in [-0.1, -0.05) is 6.42 Å². The Labute approximate surface area is 187 Å². The minimum atomic E-state index is -0.279. The highest BCUT2D eigenvalue weighted by atomic mass is 127. The first kappa shape index (κ1) is 21.7. The predicted octanol–water partition coefficient (Wildman–Crippen LogP) is 2.10. The van der Waals surface area contributed by atoms with Crippen LogP contribution in [-0.4, -0.2) is 51.9 Å². The van der Waals surface area contributed by atoms with Crippen LogP contribution in [-0.2, 0) is 19.5 Å². The van der Waals surface area contributed by atoms with E-state index in [9.17, 15) is 4.39 Å². The van der Waals surface area contributed by atoms with Crippen LogP contribution in [0.4, 0.5) is 10.2 Å². The highest BCUT2D eigenvalue weighted by Gasteiger charge is 2.26. The molecule has 2 aromatic heterocycles. The molecule has 1 saturated heterocycles. The maximum Gasteiger partial charge on any atom is 0.191 e. The summed E-state index contributed by atoms with van der Waals surface area (Å²) in [5.74, 6) is 2.89. The molecular weight excluding hydrogens is 486 g/mol. The third-order valence-electron chi connectivity index (χ3n) is 5.39. The summed E-state index contributed by atoms with van der Waals surface area (Å²) in [5, 5.41) is 15.5. The fraction of sp³-hybridized carbons (Fsp3) is 0.579. The van der Waals surface area contributed by atoms with Gasteiger partial charge in [-0.25, -0.2) is 9.37 Å². The Morgan fingerprint density at radius 3 is 3.00 bits per heavy atom. The van der Waals surface area contributed by atoms with Crippen LogP contribution in [0.2, 0.25) is 0 Å². The predicted molar refractivity (Wildman–Crippen MR) is 121 cm³/mol. The maximum atomic E-state index is 14.0. The lowest BCUT2D eigenvalue weighted by Gasteiger charge is -2.20. The van der Waals surface area contributed by atoms with Crippen LogP contribution in [0.3, 0.4) is 0 Å². The molecule has 2 N–H and O–H groups in total. The van der Waals surface area contributed by atoms with E-state index in [1.807, 2.05) is 4.90 Å². The summed E-state index contributed by atoms with van der Waals surface area (Å²) >= 11 is 0. The normalized spacial score (nSPS) is 19.3. The van der Waals surface area contributed by atoms with Crippen molar-refractivity contribution in [3.05, 3.63) is 35.8 Å². The largest absolute Gasteiger partial charge is 0.352 e. The van der Waals surface area contributed by atoms with Crippen molar-refractivity contribution in [2.24, 2.45) is 4.99 Å². The van der Waals surface area contributed by atoms with Crippen molar-refractivity contribution in [3.63, 3.8) is 0 Å². The SMILES string of the molecule is CN=C(NCc1nnc2n1CCCCC2)NC1CCN(c2ncccc2F)C1.I. The number of rotatable bonds is 4. The lowest BCUT2D eigenvalue weighted by Crippen LogP contribution is -2.44. The number of aromatic nitrogens is 4. The maximum absolute atomic E-state index is 14.0. The summed E-state index contributed by atoms with van der Waals surface area (Å²) in [6.45, 7) is 3.02. The Balaban J connectivity index is 0.00000240. The average molecular weight is 514 g/mol. The number of nitrogens with zero attached hydrogens (tertiary/aromatic N) is 6. The minimum Gasteiger partial charge on any atom is -0.352 e. The smallest absolute Gasteiger partial charge is 0.191 e. The Bertz CT molecular complexity index is 839. The molecule has 4 rings (SSSR count). The molecule has 10 heteroatoms. The van der Waals surface area contributed by atoms with E-state index >= 15 is 0 Å². The Morgan fingerprint density at radius 2 is 2.17 bits per heavy atom. The molecule has 29 heavy (non-hydrogen) atoms. The van der Waals surface area contributed by atoms with E-state index in [0.717, 1.165) is 43.5 Å². The van der Waals surface area contributed by atoms with Crippen LogP contribution in [0, 0.1) is 5.82 Å². The first-order chi connectivity index (χ1) is 13.7. The van der Waals surface area contributed by atoms with Gasteiger partial charge in [0.2, 0.25) is 0 Å². The Morgan fingerprint density at radius 1 is 1.28 bits per heavy atom. The number of nitrogens with one attached hydrogen (secondary N) is 2. The second-order valence-corrected chi connectivity index (χ2v) is 7.31. The molecule has 2 aliphatic rings. The summed E-state index contributed by atoms with van der Waals surface area (Å²) in [5.41, 5.74) is 0. The van der Waals surface area contributed by atoms with E-state index in [1.165, 1.54) is 25.3 Å². The van der Waals surface area contributed by atoms with Crippen LogP contribution < -0.4 is 15.5 Å². The van der Waals surface area contributed by atoms with Crippen molar-refractivity contribution < 1.29 is 4.39 Å². The summed E-state index contributed by atoms with van der Waals surface area (Å²) in [7, 11) is 1.75. The van der Waals surface area contributed by atoms with Crippen LogP contribution in [0.5, 0.6) is 0 Å². The highest BCUT2D eigenvalue weighted by molar-refractivity contribution is 14.0. The fourth-order valence-electron chi connectivity index (χ4n) is 3.91. The monoisotopic (exact) mass is 514 g/mol. The first-order valence-corrected chi connectivity index (χ1v) is 9.98. The van der Waals surface area contributed by atoms with E-state index < -0.39 is 0 Å². The molecule has 0 aromatic carbocycles. The molecule has 1 fully saturated rings. The van der Waals surface area contributed by atoms with E-state index in [1.54, 1.807) is 19.3 Å². The van der Waals surface area contributed by atoms with Gasteiger partial charge in [0.1, 0.15) is 5.82 Å². The van der Waals surface area contributed by atoms with Crippen LogP contribution in [0.25, 0.3) is 0 Å². The topological polar surface area (TPSA) is 83.3 Å². The summed E-state index contributed by atoms with van der Waals surface area (Å²) in [6.07, 6.45) is 7.13. The number of guanidine groups is 1. The zero-order valence-electron chi connectivity index (χ0n) is 16.6. The van der Waals surface area contributed by atoms with Gasteiger partial charge in [-0.15, -0.1) is 34.2 Å². The zero-order valence-corrected chi connectivity index (χ0v) is 19.0. The quantitative estimate of drug-likeness (QED) is 0.370. The molecule has 0 saturated carbocycles. The second-order valence-electron chi connectivity index (χ2n) is 7.31. The number of aliphatic imine (C=N–C) groups is 1. The Kier molecular flexibility index (Phi) is 7.62. The first-order valence-electron chi connectivity index (χ1n) is 9.98. The average Bonchev–Trinajstić information content (AvgIpc) is 3.25. The number of fused-ring (bicyclic) bond motifs is 1. The Hall–Kier alpha value is -1.98.